The van der Waals surface area contributed by atoms with Crippen molar-refractivity contribution in [2.45, 2.75) is 0 Å². The molecule has 1 saturated heterocycles. The second-order valence-corrected chi connectivity index (χ2v) is 6.85. The summed E-state index contributed by atoms with van der Waals surface area (Å²) >= 11 is 12.3. The molecule has 1 aliphatic rings. The first-order chi connectivity index (χ1) is 11.0. The molecule has 2 aromatic rings. The molecule has 0 radical (unpaired) electrons. The lowest BCUT2D eigenvalue weighted by Gasteiger charge is -2.14. The molecule has 2 N–H and O–H groups in total. The summed E-state index contributed by atoms with van der Waals surface area (Å²) in [5.41, 5.74) is 1.24. The van der Waals surface area contributed by atoms with Crippen LogP contribution in [0.3, 0.4) is 0 Å². The van der Waals surface area contributed by atoms with E-state index in [1.165, 1.54) is 28.8 Å². The highest BCUT2D eigenvalue weighted by Crippen LogP contribution is 2.37. The van der Waals surface area contributed by atoms with E-state index in [-0.39, 0.29) is 17.4 Å². The number of carbonyl (C=O) groups excluding carboxylic acids is 1. The van der Waals surface area contributed by atoms with Gasteiger partial charge in [0.1, 0.15) is 0 Å². The van der Waals surface area contributed by atoms with Crippen LogP contribution in [0.1, 0.15) is 5.56 Å². The van der Waals surface area contributed by atoms with Gasteiger partial charge in [-0.3, -0.25) is 9.69 Å². The van der Waals surface area contributed by atoms with E-state index in [0.29, 0.717) is 25.5 Å². The van der Waals surface area contributed by atoms with Gasteiger partial charge >= 0.3 is 0 Å². The lowest BCUT2D eigenvalue weighted by atomic mass is 10.2. The van der Waals surface area contributed by atoms with Crippen molar-refractivity contribution in [2.24, 2.45) is 0 Å². The molecule has 2 aromatic carbocycles. The van der Waals surface area contributed by atoms with Crippen molar-refractivity contribution in [1.29, 1.82) is 0 Å². The van der Waals surface area contributed by atoms with E-state index in [0.717, 1.165) is 0 Å². The van der Waals surface area contributed by atoms with Crippen molar-refractivity contribution in [2.75, 3.05) is 4.90 Å². The van der Waals surface area contributed by atoms with E-state index in [4.69, 9.17) is 23.8 Å². The molecule has 1 fully saturated rings. The number of phenolic OH excluding ortho intramolecular Hbond substituents is 2. The molecular formula is C16H10ClNO3S2. The van der Waals surface area contributed by atoms with Crippen LogP contribution in [0.25, 0.3) is 6.08 Å². The van der Waals surface area contributed by atoms with Gasteiger partial charge in [-0.05, 0) is 48.0 Å². The molecule has 1 aliphatic heterocycles. The third kappa shape index (κ3) is 3.19. The maximum absolute atomic E-state index is 12.6. The van der Waals surface area contributed by atoms with Gasteiger partial charge in [0.25, 0.3) is 5.91 Å². The lowest BCUT2D eigenvalue weighted by molar-refractivity contribution is -0.113. The topological polar surface area (TPSA) is 60.8 Å². The smallest absolute Gasteiger partial charge is 0.270 e. The Balaban J connectivity index is 1.92. The Labute approximate surface area is 147 Å². The van der Waals surface area contributed by atoms with Gasteiger partial charge in [-0.15, -0.1) is 0 Å². The van der Waals surface area contributed by atoms with Crippen LogP contribution in [0.5, 0.6) is 11.5 Å². The highest BCUT2D eigenvalue weighted by Gasteiger charge is 2.33. The van der Waals surface area contributed by atoms with Gasteiger partial charge in [-0.25, -0.2) is 0 Å². The summed E-state index contributed by atoms with van der Waals surface area (Å²) in [6.07, 6.45) is 1.62. The van der Waals surface area contributed by atoms with Crippen LogP contribution in [0.15, 0.2) is 47.4 Å². The Hall–Kier alpha value is -2.02. The Morgan fingerprint density at radius 1 is 1.09 bits per heavy atom. The lowest BCUT2D eigenvalue weighted by Crippen LogP contribution is -2.27. The largest absolute Gasteiger partial charge is 0.504 e. The van der Waals surface area contributed by atoms with Gasteiger partial charge < -0.3 is 10.2 Å². The van der Waals surface area contributed by atoms with Gasteiger partial charge in [0, 0.05) is 5.02 Å². The third-order valence-electron chi connectivity index (χ3n) is 3.18. The Morgan fingerprint density at radius 3 is 2.43 bits per heavy atom. The number of hydrogen-bond donors (Lipinski definition) is 2. The molecule has 0 unspecified atom stereocenters. The molecular weight excluding hydrogens is 354 g/mol. The number of thiocarbonyl (C=S) groups is 1. The number of benzene rings is 2. The molecule has 23 heavy (non-hydrogen) atoms. The van der Waals surface area contributed by atoms with Crippen LogP contribution >= 0.6 is 35.6 Å². The molecule has 0 saturated carbocycles. The minimum atomic E-state index is -0.244. The zero-order valence-corrected chi connectivity index (χ0v) is 14.0. The second kappa shape index (κ2) is 6.23. The maximum Gasteiger partial charge on any atom is 0.270 e. The molecule has 0 aliphatic carbocycles. The number of halogens is 1. The molecule has 116 valence electrons. The summed E-state index contributed by atoms with van der Waals surface area (Å²) in [5, 5.41) is 19.4. The minimum Gasteiger partial charge on any atom is -0.504 e. The van der Waals surface area contributed by atoms with E-state index < -0.39 is 0 Å². The van der Waals surface area contributed by atoms with Crippen molar-refractivity contribution in [3.05, 3.63) is 58.0 Å². The first-order valence-corrected chi connectivity index (χ1v) is 8.11. The first-order valence-electron chi connectivity index (χ1n) is 6.51. The number of carbonyl (C=O) groups is 1. The van der Waals surface area contributed by atoms with E-state index in [1.807, 2.05) is 0 Å². The highest BCUT2D eigenvalue weighted by atomic mass is 35.5. The van der Waals surface area contributed by atoms with Crippen molar-refractivity contribution >= 4 is 57.6 Å². The normalized spacial score (nSPS) is 16.4. The number of phenols is 2. The number of hydrogen-bond acceptors (Lipinski definition) is 5. The summed E-state index contributed by atoms with van der Waals surface area (Å²) in [5.74, 6) is -0.697. The molecule has 0 aromatic heterocycles. The molecule has 3 rings (SSSR count). The van der Waals surface area contributed by atoms with Crippen LogP contribution in [0, 0.1) is 0 Å². The molecule has 0 spiro atoms. The van der Waals surface area contributed by atoms with Crippen LogP contribution < -0.4 is 4.90 Å². The number of aromatic hydroxyl groups is 2. The fraction of sp³-hybridized carbons (Fsp3) is 0. The standard InChI is InChI=1S/C16H10ClNO3S2/c17-10-2-4-11(5-3-10)18-15(21)14(23-16(18)22)8-9-1-6-12(19)13(20)7-9/h1-8,19-20H/b14-8+. The van der Waals surface area contributed by atoms with Crippen LogP contribution in [0.2, 0.25) is 5.02 Å². The summed E-state index contributed by atoms with van der Waals surface area (Å²) in [6.45, 7) is 0. The monoisotopic (exact) mass is 363 g/mol. The third-order valence-corrected chi connectivity index (χ3v) is 4.73. The van der Waals surface area contributed by atoms with Gasteiger partial charge in [-0.1, -0.05) is 41.6 Å². The average molecular weight is 364 g/mol. The van der Waals surface area contributed by atoms with E-state index in [1.54, 1.807) is 36.4 Å². The Morgan fingerprint density at radius 2 is 1.78 bits per heavy atom. The summed E-state index contributed by atoms with van der Waals surface area (Å²) in [4.78, 5) is 14.4. The fourth-order valence-electron chi connectivity index (χ4n) is 2.06. The van der Waals surface area contributed by atoms with Gasteiger partial charge in [-0.2, -0.15) is 0 Å². The van der Waals surface area contributed by atoms with Crippen molar-refractivity contribution in [3.8, 4) is 11.5 Å². The molecule has 7 heteroatoms. The SMILES string of the molecule is O=C1/C(=C\c2ccc(O)c(O)c2)SC(=S)N1c1ccc(Cl)cc1. The highest BCUT2D eigenvalue weighted by molar-refractivity contribution is 8.27. The maximum atomic E-state index is 12.6. The van der Waals surface area contributed by atoms with Gasteiger partial charge in [0.15, 0.2) is 15.8 Å². The number of nitrogens with zero attached hydrogens (tertiary/aromatic N) is 1. The predicted octanol–water partition coefficient (Wildman–Crippen LogP) is 4.16. The molecule has 0 atom stereocenters. The van der Waals surface area contributed by atoms with Crippen LogP contribution in [-0.4, -0.2) is 20.4 Å². The zero-order chi connectivity index (χ0) is 16.6. The minimum absolute atomic E-state index is 0.212. The fourth-order valence-corrected chi connectivity index (χ4v) is 3.49. The van der Waals surface area contributed by atoms with E-state index in [2.05, 4.69) is 0 Å². The summed E-state index contributed by atoms with van der Waals surface area (Å²) in [7, 11) is 0. The zero-order valence-electron chi connectivity index (χ0n) is 11.6. The number of amides is 1. The summed E-state index contributed by atoms with van der Waals surface area (Å²) < 4.78 is 0.423. The van der Waals surface area contributed by atoms with Crippen molar-refractivity contribution < 1.29 is 15.0 Å². The van der Waals surface area contributed by atoms with Crippen molar-refractivity contribution in [1.82, 2.24) is 0 Å². The molecule has 4 nitrogen and oxygen atoms in total. The Kier molecular flexibility index (Phi) is 4.30. The van der Waals surface area contributed by atoms with E-state index >= 15 is 0 Å². The van der Waals surface area contributed by atoms with Crippen LogP contribution in [0.4, 0.5) is 5.69 Å². The molecule has 0 bridgehead atoms. The molecule has 1 heterocycles. The van der Waals surface area contributed by atoms with Gasteiger partial charge in [0.2, 0.25) is 0 Å². The summed E-state index contributed by atoms with van der Waals surface area (Å²) in [6, 6.07) is 11.2. The first kappa shape index (κ1) is 15.9. The number of rotatable bonds is 2. The Bertz CT molecular complexity index is 834. The van der Waals surface area contributed by atoms with Gasteiger partial charge in [0.05, 0.1) is 10.6 Å². The number of thioether (sulfide) groups is 1. The van der Waals surface area contributed by atoms with Crippen molar-refractivity contribution in [3.63, 3.8) is 0 Å². The van der Waals surface area contributed by atoms with Crippen LogP contribution in [-0.2, 0) is 4.79 Å². The van der Waals surface area contributed by atoms with E-state index in [9.17, 15) is 15.0 Å². The average Bonchev–Trinajstić information content (AvgIpc) is 2.79. The molecule has 1 amide bonds. The predicted molar refractivity (Wildman–Crippen MR) is 96.9 cm³/mol. The second-order valence-electron chi connectivity index (χ2n) is 4.74. The quantitative estimate of drug-likeness (QED) is 0.476. The number of anilines is 1.